The number of rotatable bonds is 7. The van der Waals surface area contributed by atoms with E-state index in [0.717, 1.165) is 16.5 Å². The SMILES string of the molecule is CC(C)C[C@@H]1NC(=O)[C@H](Cc2c[nH]c3ccccc23)NC(=O)[C@@H](CO)NC(=O)[C@@H](C(C)C)NC(=O)[C@H](C(C)C)NC1=O. The summed E-state index contributed by atoms with van der Waals surface area (Å²) in [5, 5.41) is 24.3. The lowest BCUT2D eigenvalue weighted by atomic mass is 9.98. The summed E-state index contributed by atoms with van der Waals surface area (Å²) in [6.45, 7) is 10.1. The first-order chi connectivity index (χ1) is 19.8. The van der Waals surface area contributed by atoms with E-state index in [1.807, 2.05) is 38.1 Å². The highest BCUT2D eigenvalue weighted by molar-refractivity contribution is 5.98. The molecule has 2 heterocycles. The quantitative estimate of drug-likeness (QED) is 0.249. The predicted molar refractivity (Wildman–Crippen MR) is 158 cm³/mol. The lowest BCUT2D eigenvalue weighted by molar-refractivity contribution is -0.135. The van der Waals surface area contributed by atoms with Crippen molar-refractivity contribution in [2.75, 3.05) is 6.61 Å². The van der Waals surface area contributed by atoms with Crippen LogP contribution in [0.5, 0.6) is 0 Å². The van der Waals surface area contributed by atoms with E-state index in [4.69, 9.17) is 0 Å². The van der Waals surface area contributed by atoms with Gasteiger partial charge in [0.1, 0.15) is 30.2 Å². The number of aromatic amines is 1. The van der Waals surface area contributed by atoms with E-state index in [2.05, 4.69) is 31.6 Å². The van der Waals surface area contributed by atoms with Gasteiger partial charge in [0.05, 0.1) is 6.61 Å². The van der Waals surface area contributed by atoms with Crippen LogP contribution in [0.4, 0.5) is 0 Å². The first-order valence-corrected chi connectivity index (χ1v) is 14.5. The molecule has 0 bridgehead atoms. The highest BCUT2D eigenvalue weighted by Gasteiger charge is 2.36. The summed E-state index contributed by atoms with van der Waals surface area (Å²) in [7, 11) is 0. The van der Waals surface area contributed by atoms with Crippen molar-refractivity contribution in [3.63, 3.8) is 0 Å². The zero-order valence-corrected chi connectivity index (χ0v) is 25.1. The first kappa shape index (κ1) is 32.6. The van der Waals surface area contributed by atoms with Crippen molar-refractivity contribution in [1.29, 1.82) is 0 Å². The molecule has 12 nitrogen and oxygen atoms in total. The zero-order valence-electron chi connectivity index (χ0n) is 25.1. The topological polar surface area (TPSA) is 182 Å². The Bertz CT molecular complexity index is 1290. The maximum absolute atomic E-state index is 13.7. The fourth-order valence-corrected chi connectivity index (χ4v) is 5.00. The third kappa shape index (κ3) is 8.09. The molecule has 3 rings (SSSR count). The van der Waals surface area contributed by atoms with Gasteiger partial charge in [-0.15, -0.1) is 0 Å². The molecule has 7 N–H and O–H groups in total. The molecule has 1 aromatic carbocycles. The average molecular weight is 585 g/mol. The van der Waals surface area contributed by atoms with Gasteiger partial charge in [-0.05, 0) is 35.8 Å². The number of H-pyrrole nitrogens is 1. The third-order valence-corrected chi connectivity index (χ3v) is 7.38. The number of aromatic nitrogens is 1. The molecule has 0 spiro atoms. The van der Waals surface area contributed by atoms with Gasteiger partial charge in [0.25, 0.3) is 0 Å². The second-order valence-electron chi connectivity index (χ2n) is 12.0. The molecule has 1 aliphatic heterocycles. The molecule has 1 fully saturated rings. The summed E-state index contributed by atoms with van der Waals surface area (Å²) in [4.78, 5) is 70.3. The third-order valence-electron chi connectivity index (χ3n) is 7.38. The van der Waals surface area contributed by atoms with E-state index in [1.165, 1.54) is 0 Å². The van der Waals surface area contributed by atoms with Crippen LogP contribution in [0, 0.1) is 17.8 Å². The first-order valence-electron chi connectivity index (χ1n) is 14.5. The molecule has 1 aromatic heterocycles. The number of hydrogen-bond donors (Lipinski definition) is 7. The van der Waals surface area contributed by atoms with Crippen LogP contribution in [0.3, 0.4) is 0 Å². The van der Waals surface area contributed by atoms with Crippen LogP contribution in [-0.2, 0) is 30.4 Å². The van der Waals surface area contributed by atoms with Crippen LogP contribution < -0.4 is 26.6 Å². The van der Waals surface area contributed by atoms with Crippen molar-refractivity contribution in [1.82, 2.24) is 31.6 Å². The number of fused-ring (bicyclic) bond motifs is 1. The largest absolute Gasteiger partial charge is 0.394 e. The Hall–Kier alpha value is -3.93. The van der Waals surface area contributed by atoms with Crippen LogP contribution in [0.25, 0.3) is 10.9 Å². The number of carbonyl (C=O) groups excluding carboxylic acids is 5. The Morgan fingerprint density at radius 3 is 1.76 bits per heavy atom. The van der Waals surface area contributed by atoms with Crippen molar-refractivity contribution < 1.29 is 29.1 Å². The Labute approximate surface area is 246 Å². The molecule has 5 atom stereocenters. The Morgan fingerprint density at radius 1 is 0.667 bits per heavy atom. The van der Waals surface area contributed by atoms with E-state index in [-0.39, 0.29) is 30.6 Å². The number of aliphatic hydroxyl groups is 1. The molecule has 2 aromatic rings. The van der Waals surface area contributed by atoms with Crippen molar-refractivity contribution in [3.05, 3.63) is 36.0 Å². The van der Waals surface area contributed by atoms with Crippen LogP contribution in [0.2, 0.25) is 0 Å². The monoisotopic (exact) mass is 584 g/mol. The van der Waals surface area contributed by atoms with E-state index in [1.54, 1.807) is 33.9 Å². The molecular weight excluding hydrogens is 540 g/mol. The Morgan fingerprint density at radius 2 is 1.17 bits per heavy atom. The summed E-state index contributed by atoms with van der Waals surface area (Å²) >= 11 is 0. The van der Waals surface area contributed by atoms with Gasteiger partial charge in [0, 0.05) is 23.5 Å². The fraction of sp³-hybridized carbons (Fsp3) is 0.567. The smallest absolute Gasteiger partial charge is 0.245 e. The van der Waals surface area contributed by atoms with E-state index < -0.39 is 66.4 Å². The van der Waals surface area contributed by atoms with Crippen molar-refractivity contribution >= 4 is 40.4 Å². The van der Waals surface area contributed by atoms with Crippen LogP contribution in [0.1, 0.15) is 53.5 Å². The summed E-state index contributed by atoms with van der Waals surface area (Å²) in [5.41, 5.74) is 1.61. The number of para-hydroxylation sites is 1. The number of aliphatic hydroxyl groups excluding tert-OH is 1. The summed E-state index contributed by atoms with van der Waals surface area (Å²) in [5.74, 6) is -3.87. The van der Waals surface area contributed by atoms with Crippen LogP contribution in [0.15, 0.2) is 30.5 Å². The number of benzene rings is 1. The molecule has 5 amide bonds. The molecule has 0 saturated carbocycles. The van der Waals surface area contributed by atoms with Gasteiger partial charge in [0.15, 0.2) is 0 Å². The highest BCUT2D eigenvalue weighted by Crippen LogP contribution is 2.20. The zero-order chi connectivity index (χ0) is 31.1. The maximum atomic E-state index is 13.7. The lowest BCUT2D eigenvalue weighted by Crippen LogP contribution is -2.60. The lowest BCUT2D eigenvalue weighted by Gasteiger charge is -2.29. The van der Waals surface area contributed by atoms with Gasteiger partial charge in [0.2, 0.25) is 29.5 Å². The molecular formula is C30H44N6O6. The predicted octanol–water partition coefficient (Wildman–Crippen LogP) is 0.498. The minimum Gasteiger partial charge on any atom is -0.394 e. The van der Waals surface area contributed by atoms with Gasteiger partial charge in [-0.3, -0.25) is 24.0 Å². The number of carbonyl (C=O) groups is 5. The standard InChI is InChI=1S/C30H44N6O6/c1-15(2)11-21-27(39)35-25(17(5)6)30(42)36-24(16(3)4)29(41)34-23(14-37)28(40)33-22(26(38)32-21)12-18-13-31-20-10-8-7-9-19(18)20/h7-10,13,15-17,21-25,31,37H,11-12,14H2,1-6H3,(H,32,38)(H,33,40)(H,34,41)(H,35,39)(H,36,42)/t21-,22-,23+,24+,25-/m0/s1. The molecule has 0 radical (unpaired) electrons. The molecule has 12 heteroatoms. The molecule has 0 aliphatic carbocycles. The average Bonchev–Trinajstić information content (AvgIpc) is 3.33. The second-order valence-corrected chi connectivity index (χ2v) is 12.0. The number of hydrogen-bond acceptors (Lipinski definition) is 6. The minimum absolute atomic E-state index is 0.0158. The summed E-state index contributed by atoms with van der Waals surface area (Å²) in [6, 6.07) is 1.96. The normalized spacial score (nSPS) is 25.0. The molecule has 230 valence electrons. The minimum atomic E-state index is -1.38. The van der Waals surface area contributed by atoms with E-state index in [9.17, 15) is 29.1 Å². The molecule has 1 saturated heterocycles. The van der Waals surface area contributed by atoms with Crippen LogP contribution >= 0.6 is 0 Å². The van der Waals surface area contributed by atoms with Gasteiger partial charge >= 0.3 is 0 Å². The fourth-order valence-electron chi connectivity index (χ4n) is 5.00. The maximum Gasteiger partial charge on any atom is 0.245 e. The molecule has 0 unspecified atom stereocenters. The molecule has 42 heavy (non-hydrogen) atoms. The Kier molecular flexibility index (Phi) is 11.1. The van der Waals surface area contributed by atoms with Crippen molar-refractivity contribution in [3.8, 4) is 0 Å². The van der Waals surface area contributed by atoms with E-state index in [0.29, 0.717) is 0 Å². The van der Waals surface area contributed by atoms with Crippen molar-refractivity contribution in [2.45, 2.75) is 84.6 Å². The molecule has 1 aliphatic rings. The highest BCUT2D eigenvalue weighted by atomic mass is 16.3. The summed E-state index contributed by atoms with van der Waals surface area (Å²) in [6.07, 6.45) is 2.11. The van der Waals surface area contributed by atoms with Crippen LogP contribution in [-0.4, -0.2) is 76.4 Å². The van der Waals surface area contributed by atoms with Gasteiger partial charge in [-0.25, -0.2) is 0 Å². The summed E-state index contributed by atoms with van der Waals surface area (Å²) < 4.78 is 0. The van der Waals surface area contributed by atoms with E-state index >= 15 is 0 Å². The Balaban J connectivity index is 2.05. The second kappa shape index (κ2) is 14.3. The number of nitrogens with one attached hydrogen (secondary N) is 6. The number of amides is 5. The van der Waals surface area contributed by atoms with Crippen molar-refractivity contribution in [2.24, 2.45) is 17.8 Å². The van der Waals surface area contributed by atoms with Gasteiger partial charge in [-0.2, -0.15) is 0 Å². The van der Waals surface area contributed by atoms with Gasteiger partial charge in [-0.1, -0.05) is 59.7 Å². The van der Waals surface area contributed by atoms with Gasteiger partial charge < -0.3 is 36.7 Å².